The molecule has 0 radical (unpaired) electrons. The lowest BCUT2D eigenvalue weighted by molar-refractivity contribution is 0.344. The minimum atomic E-state index is 0.151. The molecule has 0 aliphatic heterocycles. The van der Waals surface area contributed by atoms with Crippen LogP contribution < -0.4 is 0 Å². The number of hydrogen-bond donors (Lipinski definition) is 1. The van der Waals surface area contributed by atoms with E-state index in [0.717, 1.165) is 52.0 Å². The van der Waals surface area contributed by atoms with Crippen molar-refractivity contribution in [3.63, 3.8) is 0 Å². The van der Waals surface area contributed by atoms with E-state index in [1.807, 2.05) is 6.07 Å². The van der Waals surface area contributed by atoms with Crippen LogP contribution in [-0.2, 0) is 6.54 Å². The Morgan fingerprint density at radius 3 is 2.45 bits per heavy atom. The van der Waals surface area contributed by atoms with Crippen molar-refractivity contribution in [2.75, 3.05) is 0 Å². The summed E-state index contributed by atoms with van der Waals surface area (Å²) >= 11 is 0. The zero-order valence-corrected chi connectivity index (χ0v) is 17.5. The first-order chi connectivity index (χ1) is 13.9. The Labute approximate surface area is 171 Å². The maximum atomic E-state index is 5.06. The first-order valence-electron chi connectivity index (χ1n) is 10.4. The second kappa shape index (κ2) is 6.55. The average molecular weight is 386 g/mol. The molecule has 1 aromatic carbocycles. The van der Waals surface area contributed by atoms with Crippen molar-refractivity contribution in [2.24, 2.45) is 5.41 Å². The molecule has 5 nitrogen and oxygen atoms in total. The fraction of sp³-hybridized carbons (Fsp3) is 0.375. The number of benzene rings is 1. The van der Waals surface area contributed by atoms with E-state index < -0.39 is 0 Å². The van der Waals surface area contributed by atoms with Gasteiger partial charge in [0.05, 0.1) is 17.1 Å². The van der Waals surface area contributed by atoms with E-state index >= 15 is 0 Å². The first kappa shape index (κ1) is 18.1. The number of aromatic amines is 1. The van der Waals surface area contributed by atoms with Crippen LogP contribution in [0.4, 0.5) is 0 Å². The van der Waals surface area contributed by atoms with E-state index in [0.29, 0.717) is 5.92 Å². The first-order valence-corrected chi connectivity index (χ1v) is 10.4. The van der Waals surface area contributed by atoms with Gasteiger partial charge in [-0.25, -0.2) is 15.0 Å². The number of fused-ring (bicyclic) bond motifs is 1. The molecule has 3 heterocycles. The Morgan fingerprint density at radius 2 is 1.76 bits per heavy atom. The summed E-state index contributed by atoms with van der Waals surface area (Å²) in [5, 5.41) is 0. The van der Waals surface area contributed by atoms with Crippen molar-refractivity contribution < 1.29 is 0 Å². The van der Waals surface area contributed by atoms with Gasteiger partial charge in [-0.1, -0.05) is 51.1 Å². The Morgan fingerprint density at radius 1 is 1.00 bits per heavy atom. The van der Waals surface area contributed by atoms with Crippen LogP contribution in [0.5, 0.6) is 0 Å². The molecule has 5 rings (SSSR count). The van der Waals surface area contributed by atoms with Crippen LogP contribution >= 0.6 is 0 Å². The number of pyridine rings is 1. The molecule has 148 valence electrons. The lowest BCUT2D eigenvalue weighted by Crippen LogP contribution is -2.16. The van der Waals surface area contributed by atoms with Gasteiger partial charge in [-0.15, -0.1) is 0 Å². The third-order valence-electron chi connectivity index (χ3n) is 5.41. The highest BCUT2D eigenvalue weighted by Gasteiger charge is 2.29. The van der Waals surface area contributed by atoms with E-state index in [2.05, 4.69) is 73.6 Å². The van der Waals surface area contributed by atoms with Crippen LogP contribution in [0.15, 0.2) is 42.5 Å². The van der Waals surface area contributed by atoms with Crippen molar-refractivity contribution in [1.82, 2.24) is 24.5 Å². The molecule has 0 saturated heterocycles. The lowest BCUT2D eigenvalue weighted by Gasteiger charge is -2.20. The number of aryl methyl sites for hydroxylation is 1. The summed E-state index contributed by atoms with van der Waals surface area (Å²) < 4.78 is 2.24. The van der Waals surface area contributed by atoms with E-state index in [4.69, 9.17) is 15.0 Å². The summed E-state index contributed by atoms with van der Waals surface area (Å²) in [5.74, 6) is 2.65. The summed E-state index contributed by atoms with van der Waals surface area (Å²) in [7, 11) is 0. The van der Waals surface area contributed by atoms with Gasteiger partial charge in [-0.3, -0.25) is 0 Å². The third-order valence-corrected chi connectivity index (χ3v) is 5.41. The van der Waals surface area contributed by atoms with Gasteiger partial charge in [-0.2, -0.15) is 0 Å². The molecule has 0 amide bonds. The minimum Gasteiger partial charge on any atom is -0.340 e. The van der Waals surface area contributed by atoms with Gasteiger partial charge in [0, 0.05) is 18.0 Å². The van der Waals surface area contributed by atoms with Crippen LogP contribution in [0, 0.1) is 12.3 Å². The fourth-order valence-electron chi connectivity index (χ4n) is 3.85. The van der Waals surface area contributed by atoms with Crippen LogP contribution in [0.1, 0.15) is 51.2 Å². The van der Waals surface area contributed by atoms with Gasteiger partial charge < -0.3 is 9.55 Å². The number of imidazole rings is 2. The molecular formula is C24H27N5. The molecule has 1 N–H and O–H groups in total. The van der Waals surface area contributed by atoms with Gasteiger partial charge in [0.1, 0.15) is 17.2 Å². The Balaban J connectivity index is 1.67. The summed E-state index contributed by atoms with van der Waals surface area (Å²) in [6, 6.07) is 14.5. The largest absolute Gasteiger partial charge is 0.340 e. The quantitative estimate of drug-likeness (QED) is 0.489. The van der Waals surface area contributed by atoms with Crippen LogP contribution in [0.25, 0.3) is 33.8 Å². The third kappa shape index (κ3) is 3.46. The molecule has 1 aliphatic carbocycles. The maximum Gasteiger partial charge on any atom is 0.160 e. The maximum absolute atomic E-state index is 5.06. The molecule has 1 aliphatic rings. The Bertz CT molecular complexity index is 1170. The lowest BCUT2D eigenvalue weighted by atomic mass is 9.97. The summed E-state index contributed by atoms with van der Waals surface area (Å²) in [5.41, 5.74) is 6.06. The van der Waals surface area contributed by atoms with Crippen molar-refractivity contribution in [2.45, 2.75) is 53.0 Å². The highest BCUT2D eigenvalue weighted by Crippen LogP contribution is 2.41. The molecule has 29 heavy (non-hydrogen) atoms. The molecule has 3 aromatic heterocycles. The van der Waals surface area contributed by atoms with Crippen molar-refractivity contribution in [3.8, 4) is 22.6 Å². The van der Waals surface area contributed by atoms with Crippen LogP contribution in [0.2, 0.25) is 0 Å². The Hall–Kier alpha value is -2.95. The van der Waals surface area contributed by atoms with Gasteiger partial charge in [-0.05, 0) is 37.3 Å². The predicted octanol–water partition coefficient (Wildman–Crippen LogP) is 5.72. The fourth-order valence-corrected chi connectivity index (χ4v) is 3.85. The number of aromatic nitrogens is 5. The standard InChI is InChI=1S/C24H27N5/c1-15-25-19-13-12-18(26-23(19)29(15)14-24(2,3)4)21-20(16-8-6-5-7-9-16)27-22(28-21)17-10-11-17/h5-9,12-13,17H,10-11,14H2,1-4H3,(H,27,28). The summed E-state index contributed by atoms with van der Waals surface area (Å²) in [6.45, 7) is 9.67. The molecule has 0 bridgehead atoms. The number of rotatable bonds is 4. The monoisotopic (exact) mass is 385 g/mol. The zero-order chi connectivity index (χ0) is 20.2. The SMILES string of the molecule is Cc1nc2ccc(-c3[nH]c(C4CC4)nc3-c3ccccc3)nc2n1CC(C)(C)C. The molecule has 0 spiro atoms. The van der Waals surface area contributed by atoms with Gasteiger partial charge in [0.2, 0.25) is 0 Å². The van der Waals surface area contributed by atoms with Crippen molar-refractivity contribution in [1.29, 1.82) is 0 Å². The van der Waals surface area contributed by atoms with Crippen molar-refractivity contribution in [3.05, 3.63) is 54.1 Å². The van der Waals surface area contributed by atoms with Crippen LogP contribution in [-0.4, -0.2) is 24.5 Å². The number of H-pyrrole nitrogens is 1. The molecule has 5 heteroatoms. The average Bonchev–Trinajstić information content (AvgIpc) is 3.37. The van der Waals surface area contributed by atoms with Crippen molar-refractivity contribution >= 4 is 11.2 Å². The molecular weight excluding hydrogens is 358 g/mol. The molecule has 0 unspecified atom stereocenters. The molecule has 4 aromatic rings. The van der Waals surface area contributed by atoms with E-state index in [1.54, 1.807) is 0 Å². The smallest absolute Gasteiger partial charge is 0.160 e. The van der Waals surface area contributed by atoms with E-state index in [9.17, 15) is 0 Å². The topological polar surface area (TPSA) is 59.4 Å². The highest BCUT2D eigenvalue weighted by atomic mass is 15.1. The molecule has 1 saturated carbocycles. The van der Waals surface area contributed by atoms with Gasteiger partial charge in [0.25, 0.3) is 0 Å². The predicted molar refractivity (Wildman–Crippen MR) is 117 cm³/mol. The van der Waals surface area contributed by atoms with Gasteiger partial charge in [0.15, 0.2) is 5.65 Å². The van der Waals surface area contributed by atoms with E-state index in [1.165, 1.54) is 12.8 Å². The number of nitrogens with one attached hydrogen (secondary N) is 1. The highest BCUT2D eigenvalue weighted by molar-refractivity contribution is 5.81. The zero-order valence-electron chi connectivity index (χ0n) is 17.5. The molecule has 1 fully saturated rings. The molecule has 0 atom stereocenters. The van der Waals surface area contributed by atoms with Crippen LogP contribution in [0.3, 0.4) is 0 Å². The second-order valence-corrected chi connectivity index (χ2v) is 9.33. The van der Waals surface area contributed by atoms with Gasteiger partial charge >= 0.3 is 0 Å². The summed E-state index contributed by atoms with van der Waals surface area (Å²) in [4.78, 5) is 18.4. The number of nitrogens with zero attached hydrogens (tertiary/aromatic N) is 4. The normalized spacial score (nSPS) is 14.6. The second-order valence-electron chi connectivity index (χ2n) is 9.33. The van der Waals surface area contributed by atoms with E-state index in [-0.39, 0.29) is 5.41 Å². The Kier molecular flexibility index (Phi) is 4.09. The number of hydrogen-bond acceptors (Lipinski definition) is 3. The minimum absolute atomic E-state index is 0.151. The summed E-state index contributed by atoms with van der Waals surface area (Å²) in [6.07, 6.45) is 2.43.